The molecule has 0 fully saturated rings. The third-order valence-corrected chi connectivity index (χ3v) is 6.52. The molecule has 0 atom stereocenters. The second kappa shape index (κ2) is 9.67. The summed E-state index contributed by atoms with van der Waals surface area (Å²) in [5.41, 5.74) is 1.51. The van der Waals surface area contributed by atoms with Gasteiger partial charge < -0.3 is 9.73 Å². The summed E-state index contributed by atoms with van der Waals surface area (Å²) in [6, 6.07) is 16.8. The van der Waals surface area contributed by atoms with E-state index in [4.69, 9.17) is 4.42 Å². The molecular weight excluding hydrogens is 408 g/mol. The Morgan fingerprint density at radius 1 is 1.07 bits per heavy atom. The summed E-state index contributed by atoms with van der Waals surface area (Å²) in [4.78, 5) is 12.6. The summed E-state index contributed by atoms with van der Waals surface area (Å²) in [6.45, 7) is 2.29. The number of rotatable bonds is 9. The van der Waals surface area contributed by atoms with Gasteiger partial charge in [-0.25, -0.2) is 8.42 Å². The quantitative estimate of drug-likeness (QED) is 0.500. The molecule has 3 aromatic rings. The number of nitrogens with one attached hydrogen (secondary N) is 2. The van der Waals surface area contributed by atoms with Gasteiger partial charge in [-0.3, -0.25) is 9.52 Å². The topological polar surface area (TPSA) is 88.4 Å². The largest absolute Gasteiger partial charge is 0.468 e. The van der Waals surface area contributed by atoms with Crippen LogP contribution in [0.3, 0.4) is 0 Å². The van der Waals surface area contributed by atoms with Crippen molar-refractivity contribution in [1.82, 2.24) is 5.32 Å². The summed E-state index contributed by atoms with van der Waals surface area (Å²) in [5.74, 6) is 2.14. The molecule has 8 heteroatoms. The minimum atomic E-state index is -3.72. The molecule has 0 aliphatic heterocycles. The van der Waals surface area contributed by atoms with E-state index in [1.807, 2.05) is 12.1 Å². The van der Waals surface area contributed by atoms with Crippen molar-refractivity contribution in [2.75, 3.05) is 17.0 Å². The molecule has 0 bridgehead atoms. The van der Waals surface area contributed by atoms with Crippen LogP contribution in [0.2, 0.25) is 0 Å². The maximum Gasteiger partial charge on any atom is 0.261 e. The van der Waals surface area contributed by atoms with Gasteiger partial charge in [0, 0.05) is 17.9 Å². The van der Waals surface area contributed by atoms with Crippen molar-refractivity contribution in [3.8, 4) is 0 Å². The van der Waals surface area contributed by atoms with Gasteiger partial charge in [-0.05, 0) is 48.9 Å². The van der Waals surface area contributed by atoms with E-state index in [-0.39, 0.29) is 10.8 Å². The van der Waals surface area contributed by atoms with Gasteiger partial charge in [0.25, 0.3) is 15.9 Å². The Bertz CT molecular complexity index is 1050. The summed E-state index contributed by atoms with van der Waals surface area (Å²) < 4.78 is 32.9. The van der Waals surface area contributed by atoms with Gasteiger partial charge in [0.15, 0.2) is 0 Å². The van der Waals surface area contributed by atoms with E-state index in [0.717, 1.165) is 22.8 Å². The van der Waals surface area contributed by atoms with Gasteiger partial charge in [-0.1, -0.05) is 24.3 Å². The molecule has 0 unspecified atom stereocenters. The number of carbonyl (C=O) groups excluding carboxylic acids is 1. The Balaban J connectivity index is 1.58. The molecule has 152 valence electrons. The van der Waals surface area contributed by atoms with E-state index in [1.165, 1.54) is 12.1 Å². The fraction of sp³-hybridized carbons (Fsp3) is 0.190. The van der Waals surface area contributed by atoms with Gasteiger partial charge in [0.2, 0.25) is 0 Å². The van der Waals surface area contributed by atoms with Crippen molar-refractivity contribution >= 4 is 33.4 Å². The van der Waals surface area contributed by atoms with E-state index >= 15 is 0 Å². The van der Waals surface area contributed by atoms with Crippen molar-refractivity contribution < 1.29 is 17.6 Å². The molecule has 2 N–H and O–H groups in total. The highest BCUT2D eigenvalue weighted by Gasteiger charge is 2.16. The Morgan fingerprint density at radius 2 is 1.86 bits per heavy atom. The van der Waals surface area contributed by atoms with Gasteiger partial charge >= 0.3 is 0 Å². The smallest absolute Gasteiger partial charge is 0.261 e. The molecule has 0 saturated heterocycles. The number of aryl methyl sites for hydroxylation is 1. The molecule has 1 heterocycles. The molecule has 0 saturated carbocycles. The number of carbonyl (C=O) groups is 1. The average molecular weight is 431 g/mol. The first-order chi connectivity index (χ1) is 14.0. The lowest BCUT2D eigenvalue weighted by molar-refractivity contribution is 0.0956. The number of furan rings is 1. The molecule has 0 aliphatic rings. The number of hydrogen-bond donors (Lipinski definition) is 2. The molecule has 0 aliphatic carbocycles. The summed E-state index contributed by atoms with van der Waals surface area (Å²) in [7, 11) is -3.72. The number of benzene rings is 2. The first-order valence-corrected chi connectivity index (χ1v) is 11.7. The monoisotopic (exact) mass is 430 g/mol. The highest BCUT2D eigenvalue weighted by Crippen LogP contribution is 2.21. The van der Waals surface area contributed by atoms with Gasteiger partial charge in [-0.15, -0.1) is 0 Å². The van der Waals surface area contributed by atoms with Crippen LogP contribution in [0.5, 0.6) is 0 Å². The molecule has 1 amide bonds. The number of sulfonamides is 1. The average Bonchev–Trinajstić information content (AvgIpc) is 3.23. The molecule has 3 rings (SSSR count). The molecule has 6 nitrogen and oxygen atoms in total. The van der Waals surface area contributed by atoms with Gasteiger partial charge in [-0.2, -0.15) is 11.8 Å². The van der Waals surface area contributed by atoms with E-state index in [2.05, 4.69) is 10.0 Å². The van der Waals surface area contributed by atoms with Gasteiger partial charge in [0.05, 0.1) is 22.6 Å². The van der Waals surface area contributed by atoms with Gasteiger partial charge in [0.1, 0.15) is 5.76 Å². The number of hydrogen-bond acceptors (Lipinski definition) is 5. The lowest BCUT2D eigenvalue weighted by atomic mass is 10.1. The Hall–Kier alpha value is -2.71. The third-order valence-electron chi connectivity index (χ3n) is 4.15. The third kappa shape index (κ3) is 5.88. The zero-order valence-corrected chi connectivity index (χ0v) is 17.6. The number of thioether (sulfide) groups is 1. The van der Waals surface area contributed by atoms with Crippen LogP contribution in [0.1, 0.15) is 21.7 Å². The number of anilines is 1. The van der Waals surface area contributed by atoms with Crippen LogP contribution in [0.25, 0.3) is 0 Å². The zero-order valence-electron chi connectivity index (χ0n) is 15.9. The minimum Gasteiger partial charge on any atom is -0.468 e. The van der Waals surface area contributed by atoms with Crippen LogP contribution in [0, 0.1) is 6.92 Å². The zero-order chi connectivity index (χ0) is 20.7. The lowest BCUT2D eigenvalue weighted by Crippen LogP contribution is -2.26. The van der Waals surface area contributed by atoms with Crippen LogP contribution < -0.4 is 10.0 Å². The van der Waals surface area contributed by atoms with Crippen LogP contribution in [0.4, 0.5) is 5.69 Å². The predicted octanol–water partition coefficient (Wildman–Crippen LogP) is 4.05. The number of amides is 1. The van der Waals surface area contributed by atoms with Crippen LogP contribution in [0.15, 0.2) is 76.2 Å². The maximum atomic E-state index is 12.6. The summed E-state index contributed by atoms with van der Waals surface area (Å²) in [5, 5.41) is 2.85. The van der Waals surface area contributed by atoms with Crippen molar-refractivity contribution in [2.45, 2.75) is 17.6 Å². The summed E-state index contributed by atoms with van der Waals surface area (Å²) in [6.07, 6.45) is 1.64. The Kier molecular flexibility index (Phi) is 7.00. The Morgan fingerprint density at radius 3 is 2.59 bits per heavy atom. The van der Waals surface area contributed by atoms with Crippen molar-refractivity contribution in [3.63, 3.8) is 0 Å². The van der Waals surface area contributed by atoms with Crippen molar-refractivity contribution in [2.24, 2.45) is 0 Å². The standard InChI is InChI=1S/C21H22N2O4S2/c1-16-9-10-17(21(24)22-11-13-28-15-18-6-5-12-27-18)14-20(16)23-29(25,26)19-7-3-2-4-8-19/h2-10,12,14,23H,11,13,15H2,1H3,(H,22,24). The second-order valence-electron chi connectivity index (χ2n) is 6.34. The molecule has 29 heavy (non-hydrogen) atoms. The molecule has 0 spiro atoms. The van der Waals surface area contributed by atoms with Crippen molar-refractivity contribution in [3.05, 3.63) is 83.8 Å². The lowest BCUT2D eigenvalue weighted by Gasteiger charge is -2.12. The highest BCUT2D eigenvalue weighted by molar-refractivity contribution is 7.98. The first kappa shape index (κ1) is 21.0. The SMILES string of the molecule is Cc1ccc(C(=O)NCCSCc2ccco2)cc1NS(=O)(=O)c1ccccc1. The Labute approximate surface area is 174 Å². The minimum absolute atomic E-state index is 0.169. The van der Waals surface area contributed by atoms with E-state index < -0.39 is 10.0 Å². The fourth-order valence-corrected chi connectivity index (χ4v) is 4.48. The van der Waals surface area contributed by atoms with Crippen LogP contribution in [-0.4, -0.2) is 26.6 Å². The van der Waals surface area contributed by atoms with Crippen molar-refractivity contribution in [1.29, 1.82) is 0 Å². The van der Waals surface area contributed by atoms with E-state index in [1.54, 1.807) is 61.3 Å². The maximum absolute atomic E-state index is 12.6. The van der Waals surface area contributed by atoms with Crippen LogP contribution in [-0.2, 0) is 15.8 Å². The second-order valence-corrected chi connectivity index (χ2v) is 9.12. The fourth-order valence-electron chi connectivity index (χ4n) is 2.58. The molecule has 1 aromatic heterocycles. The molecular formula is C21H22N2O4S2. The molecule has 2 aromatic carbocycles. The summed E-state index contributed by atoms with van der Waals surface area (Å²) >= 11 is 1.66. The molecule has 0 radical (unpaired) electrons. The van der Waals surface area contributed by atoms with E-state index in [9.17, 15) is 13.2 Å². The van der Waals surface area contributed by atoms with E-state index in [0.29, 0.717) is 17.8 Å². The predicted molar refractivity (Wildman–Crippen MR) is 116 cm³/mol. The first-order valence-electron chi connectivity index (χ1n) is 9.02. The highest BCUT2D eigenvalue weighted by atomic mass is 32.2. The normalized spacial score (nSPS) is 11.2. The van der Waals surface area contributed by atoms with Crippen LogP contribution >= 0.6 is 11.8 Å².